The quantitative estimate of drug-likeness (QED) is 0.0973. The number of likely N-dealkylation sites (tertiary alicyclic amines) is 1. The summed E-state index contributed by atoms with van der Waals surface area (Å²) in [5.74, 6) is -0.534. The van der Waals surface area contributed by atoms with Crippen molar-refractivity contribution in [2.75, 3.05) is 32.6 Å². The number of halogens is 4. The molecule has 6 rings (SSSR count). The van der Waals surface area contributed by atoms with Crippen LogP contribution in [0.5, 0.6) is 5.75 Å². The minimum absolute atomic E-state index is 0.0534. The number of benzene rings is 2. The third kappa shape index (κ3) is 9.21. The molecule has 0 bridgehead atoms. The number of imide groups is 2. The van der Waals surface area contributed by atoms with Crippen LogP contribution in [-0.2, 0) is 44.5 Å². The number of carbonyl (C=O) groups is 6. The summed E-state index contributed by atoms with van der Waals surface area (Å²) in [6, 6.07) is 7.70. The van der Waals surface area contributed by atoms with E-state index in [-0.39, 0.29) is 72.4 Å². The fourth-order valence-corrected chi connectivity index (χ4v) is 7.27. The van der Waals surface area contributed by atoms with Crippen molar-refractivity contribution in [1.82, 2.24) is 9.91 Å². The molecule has 19 heteroatoms. The summed E-state index contributed by atoms with van der Waals surface area (Å²) in [5, 5.41) is 5.48. The van der Waals surface area contributed by atoms with E-state index in [1.807, 2.05) is 27.7 Å². The number of esters is 2. The number of urea groups is 1. The van der Waals surface area contributed by atoms with Gasteiger partial charge in [0.2, 0.25) is 17.4 Å². The van der Waals surface area contributed by atoms with E-state index in [1.54, 1.807) is 18.2 Å². The van der Waals surface area contributed by atoms with Gasteiger partial charge in [-0.2, -0.15) is 15.0 Å². The molecule has 2 aliphatic heterocycles. The van der Waals surface area contributed by atoms with Crippen LogP contribution in [0.3, 0.4) is 0 Å². The number of hydrogen-bond donors (Lipinski definition) is 0. The van der Waals surface area contributed by atoms with E-state index >= 15 is 0 Å². The monoisotopic (exact) mass is 844 g/mol. The minimum atomic E-state index is -4.92. The number of anilines is 1. The molecule has 2 aromatic carbocycles. The van der Waals surface area contributed by atoms with Gasteiger partial charge in [-0.05, 0) is 67.1 Å². The van der Waals surface area contributed by atoms with Crippen LogP contribution in [0.25, 0.3) is 0 Å². The number of carbonyl (C=O) groups excluding carboxylic acids is 6. The molecule has 2 unspecified atom stereocenters. The molecule has 2 fully saturated rings. The fourth-order valence-electron chi connectivity index (χ4n) is 7.08. The summed E-state index contributed by atoms with van der Waals surface area (Å²) in [6.07, 6.45) is 1.57. The van der Waals surface area contributed by atoms with Crippen molar-refractivity contribution < 1.29 is 65.6 Å². The zero-order valence-corrected chi connectivity index (χ0v) is 33.5. The predicted octanol–water partition coefficient (Wildman–Crippen LogP) is 6.22. The maximum absolute atomic E-state index is 13.3. The molecule has 314 valence electrons. The summed E-state index contributed by atoms with van der Waals surface area (Å²) in [5.41, 5.74) is 0.418. The van der Waals surface area contributed by atoms with E-state index < -0.39 is 48.5 Å². The highest BCUT2D eigenvalue weighted by Crippen LogP contribution is 2.59. The molecule has 4 aliphatic rings. The Morgan fingerprint density at radius 3 is 2.36 bits per heavy atom. The molecule has 2 heterocycles. The third-order valence-corrected chi connectivity index (χ3v) is 10.4. The molecule has 59 heavy (non-hydrogen) atoms. The van der Waals surface area contributed by atoms with Gasteiger partial charge in [-0.15, -0.1) is 25.5 Å². The Morgan fingerprint density at radius 2 is 1.76 bits per heavy atom. The highest BCUT2D eigenvalue weighted by Gasteiger charge is 2.61. The molecule has 4 atom stereocenters. The molecule has 15 nitrogen and oxygen atoms in total. The van der Waals surface area contributed by atoms with Crippen molar-refractivity contribution in [1.29, 1.82) is 0 Å². The molecule has 1 saturated carbocycles. The SMILES string of the molecule is C#CCC1CC(=O)N(COC(=O)[C@@H]2C(C=C(C)C)C2(C)C)C1=O.COC(=O)N(C(=O)N1CO[C@@]2(C(=O)OC)Cc3cc(Cl)ccc3C2=N1)c1ccc(OC(F)(F)F)cc1. The summed E-state index contributed by atoms with van der Waals surface area (Å²) in [4.78, 5) is 76.2. The van der Waals surface area contributed by atoms with Crippen LogP contribution in [0.2, 0.25) is 5.02 Å². The lowest BCUT2D eigenvalue weighted by atomic mass is 9.97. The molecule has 0 spiro atoms. The molecule has 1 saturated heterocycles. The number of hydrogen-bond acceptors (Lipinski definition) is 12. The maximum atomic E-state index is 13.3. The molecular weight excluding hydrogens is 805 g/mol. The summed E-state index contributed by atoms with van der Waals surface area (Å²) >= 11 is 6.07. The van der Waals surface area contributed by atoms with Gasteiger partial charge in [0, 0.05) is 29.8 Å². The number of rotatable bonds is 8. The number of amides is 5. The molecule has 0 N–H and O–H groups in total. The van der Waals surface area contributed by atoms with E-state index in [2.05, 4.69) is 26.6 Å². The molecule has 0 radical (unpaired) electrons. The summed E-state index contributed by atoms with van der Waals surface area (Å²) < 4.78 is 61.8. The first-order valence-electron chi connectivity index (χ1n) is 17.9. The van der Waals surface area contributed by atoms with Gasteiger partial charge in [0.1, 0.15) is 18.2 Å². The van der Waals surface area contributed by atoms with Crippen LogP contribution < -0.4 is 9.64 Å². The number of methoxy groups -OCH3 is 2. The van der Waals surface area contributed by atoms with Crippen molar-refractivity contribution in [2.45, 2.75) is 58.9 Å². The van der Waals surface area contributed by atoms with Crippen LogP contribution in [0.4, 0.5) is 28.4 Å². The van der Waals surface area contributed by atoms with Crippen LogP contribution in [0, 0.1) is 35.5 Å². The normalized spacial score (nSPS) is 22.3. The average molecular weight is 845 g/mol. The summed E-state index contributed by atoms with van der Waals surface area (Å²) in [6.45, 7) is 7.14. The Hall–Kier alpha value is -5.93. The standard InChI is InChI=1S/C22H17ClF3N3O7.C18H23NO4/c1-33-18(30)21-10-12-9-13(23)3-8-16(12)17(21)27-28(11-35-21)19(31)29(20(32)34-2)14-4-6-15(7-5-14)36-22(24,25)26;1-6-7-12-9-14(20)19(16(12)21)10-23-17(22)15-13(8-11(2)3)18(15,4)5/h3-9H,10-11H2,1-2H3;1,8,12-13,15H,7,9-10H2,2-5H3/t21-;12?,13?,15-/m00/s1. The zero-order chi connectivity index (χ0) is 43.6. The molecular formula is C40H40ClF3N4O11. The van der Waals surface area contributed by atoms with Crippen LogP contribution in [0.1, 0.15) is 51.7 Å². The number of nitrogens with zero attached hydrogens (tertiary/aromatic N) is 4. The van der Waals surface area contributed by atoms with Gasteiger partial charge in [-0.1, -0.05) is 43.2 Å². The maximum Gasteiger partial charge on any atom is 0.573 e. The van der Waals surface area contributed by atoms with Gasteiger partial charge in [0.05, 0.1) is 31.7 Å². The third-order valence-electron chi connectivity index (χ3n) is 10.1. The van der Waals surface area contributed by atoms with Crippen molar-refractivity contribution in [2.24, 2.45) is 28.3 Å². The smallest absolute Gasteiger partial charge is 0.467 e. The number of terminal acetylenes is 1. The zero-order valence-electron chi connectivity index (χ0n) is 32.8. The highest BCUT2D eigenvalue weighted by atomic mass is 35.5. The fraction of sp³-hybridized carbons (Fsp3) is 0.425. The Kier molecular flexibility index (Phi) is 12.8. The van der Waals surface area contributed by atoms with Crippen LogP contribution in [0.15, 0.2) is 59.2 Å². The van der Waals surface area contributed by atoms with Crippen LogP contribution >= 0.6 is 11.6 Å². The Labute approximate surface area is 341 Å². The number of ether oxygens (including phenoxy) is 5. The summed E-state index contributed by atoms with van der Waals surface area (Å²) in [7, 11) is 2.19. The highest BCUT2D eigenvalue weighted by molar-refractivity contribution is 6.31. The van der Waals surface area contributed by atoms with E-state index in [1.165, 1.54) is 7.11 Å². The molecule has 2 aliphatic carbocycles. The Balaban J connectivity index is 0.000000248. The number of fused-ring (bicyclic) bond motifs is 3. The second kappa shape index (κ2) is 17.1. The Bertz CT molecular complexity index is 2150. The van der Waals surface area contributed by atoms with E-state index in [0.717, 1.165) is 46.9 Å². The van der Waals surface area contributed by atoms with Gasteiger partial charge in [0.15, 0.2) is 6.73 Å². The van der Waals surface area contributed by atoms with Crippen molar-refractivity contribution in [3.8, 4) is 18.1 Å². The Morgan fingerprint density at radius 1 is 1.08 bits per heavy atom. The lowest BCUT2D eigenvalue weighted by Gasteiger charge is -2.35. The first kappa shape index (κ1) is 44.2. The first-order chi connectivity index (χ1) is 27.7. The van der Waals surface area contributed by atoms with Gasteiger partial charge < -0.3 is 23.7 Å². The van der Waals surface area contributed by atoms with Gasteiger partial charge in [0.25, 0.3) is 0 Å². The topological polar surface area (TPSA) is 171 Å². The lowest BCUT2D eigenvalue weighted by molar-refractivity contribution is -0.274. The molecule has 5 amide bonds. The molecule has 2 aromatic rings. The second-order valence-corrected chi connectivity index (χ2v) is 15.1. The lowest BCUT2D eigenvalue weighted by Crippen LogP contribution is -2.56. The van der Waals surface area contributed by atoms with Crippen molar-refractivity contribution >= 4 is 58.9 Å². The largest absolute Gasteiger partial charge is 0.573 e. The van der Waals surface area contributed by atoms with E-state index in [0.29, 0.717) is 21.0 Å². The van der Waals surface area contributed by atoms with Gasteiger partial charge >= 0.3 is 30.4 Å². The molecule has 0 aromatic heterocycles. The van der Waals surface area contributed by atoms with Crippen molar-refractivity contribution in [3.63, 3.8) is 0 Å². The number of alkyl halides is 3. The van der Waals surface area contributed by atoms with Gasteiger partial charge in [-0.25, -0.2) is 19.3 Å². The van der Waals surface area contributed by atoms with Crippen LogP contribution in [-0.4, -0.2) is 91.1 Å². The van der Waals surface area contributed by atoms with Crippen molar-refractivity contribution in [3.05, 3.63) is 70.3 Å². The number of hydrazone groups is 1. The number of allylic oxidation sites excluding steroid dienone is 2. The van der Waals surface area contributed by atoms with Gasteiger partial charge in [-0.3, -0.25) is 14.4 Å². The first-order valence-corrected chi connectivity index (χ1v) is 18.3. The second-order valence-electron chi connectivity index (χ2n) is 14.7. The average Bonchev–Trinajstić information content (AvgIpc) is 3.39. The van der Waals surface area contributed by atoms with E-state index in [9.17, 15) is 41.9 Å². The minimum Gasteiger partial charge on any atom is -0.467 e. The van der Waals surface area contributed by atoms with E-state index in [4.69, 9.17) is 32.2 Å². The predicted molar refractivity (Wildman–Crippen MR) is 202 cm³/mol.